The van der Waals surface area contributed by atoms with Crippen molar-refractivity contribution in [3.8, 4) is 0 Å². The fourth-order valence-corrected chi connectivity index (χ4v) is 5.15. The Hall–Kier alpha value is -2.69. The van der Waals surface area contributed by atoms with Crippen molar-refractivity contribution in [3.05, 3.63) is 77.4 Å². The number of hydrogen-bond donors (Lipinski definition) is 2. The Morgan fingerprint density at radius 3 is 2.17 bits per heavy atom. The molecule has 0 saturated carbocycles. The number of nitrogens with zero attached hydrogens (tertiary/aromatic N) is 1. The van der Waals surface area contributed by atoms with Gasteiger partial charge in [-0.2, -0.15) is 17.5 Å². The summed E-state index contributed by atoms with van der Waals surface area (Å²) in [7, 11) is -3.98. The van der Waals surface area contributed by atoms with Crippen molar-refractivity contribution >= 4 is 15.9 Å². The second-order valence-corrected chi connectivity index (χ2v) is 11.2. The van der Waals surface area contributed by atoms with Crippen molar-refractivity contribution in [1.29, 1.82) is 0 Å². The van der Waals surface area contributed by atoms with Crippen LogP contribution in [-0.4, -0.2) is 55.1 Å². The molecule has 6 nitrogen and oxygen atoms in total. The van der Waals surface area contributed by atoms with Gasteiger partial charge in [0.25, 0.3) is 0 Å². The summed E-state index contributed by atoms with van der Waals surface area (Å²) in [5, 5.41) is 13.5. The predicted molar refractivity (Wildman–Crippen MR) is 133 cm³/mol. The van der Waals surface area contributed by atoms with Gasteiger partial charge in [0.15, 0.2) is 0 Å². The maximum Gasteiger partial charge on any atom is 0.412 e. The lowest BCUT2D eigenvalue weighted by Crippen LogP contribution is -2.51. The van der Waals surface area contributed by atoms with Gasteiger partial charge < -0.3 is 10.4 Å². The van der Waals surface area contributed by atoms with Gasteiger partial charge in [-0.1, -0.05) is 61.9 Å². The first-order valence-corrected chi connectivity index (χ1v) is 13.0. The highest BCUT2D eigenvalue weighted by Crippen LogP contribution is 2.24. The van der Waals surface area contributed by atoms with Gasteiger partial charge in [0.05, 0.1) is 17.0 Å². The third-order valence-corrected chi connectivity index (χ3v) is 7.35. The van der Waals surface area contributed by atoms with Crippen LogP contribution in [0, 0.1) is 12.8 Å². The molecule has 0 bridgehead atoms. The van der Waals surface area contributed by atoms with Crippen molar-refractivity contribution < 1.29 is 31.5 Å². The normalized spacial score (nSPS) is 14.7. The molecule has 1 amide bonds. The van der Waals surface area contributed by atoms with Crippen LogP contribution < -0.4 is 5.32 Å². The molecule has 0 aliphatic rings. The first kappa shape index (κ1) is 29.5. The summed E-state index contributed by atoms with van der Waals surface area (Å²) in [5.41, 5.74) is 0.517. The van der Waals surface area contributed by atoms with Gasteiger partial charge >= 0.3 is 6.18 Å². The van der Waals surface area contributed by atoms with E-state index in [9.17, 15) is 31.5 Å². The number of aliphatic hydroxyl groups is 1. The topological polar surface area (TPSA) is 86.7 Å². The van der Waals surface area contributed by atoms with Gasteiger partial charge in [0.1, 0.15) is 0 Å². The van der Waals surface area contributed by atoms with Gasteiger partial charge in [0.2, 0.25) is 15.9 Å². The summed E-state index contributed by atoms with van der Waals surface area (Å²) in [4.78, 5) is 12.5. The third-order valence-electron chi connectivity index (χ3n) is 5.50. The maximum atomic E-state index is 13.4. The van der Waals surface area contributed by atoms with Crippen LogP contribution >= 0.6 is 0 Å². The second-order valence-electron chi connectivity index (χ2n) is 9.23. The monoisotopic (exact) mass is 526 g/mol. The van der Waals surface area contributed by atoms with Crippen LogP contribution in [0.2, 0.25) is 0 Å². The van der Waals surface area contributed by atoms with E-state index in [0.717, 1.165) is 22.4 Å². The lowest BCUT2D eigenvalue weighted by Gasteiger charge is -2.30. The zero-order valence-electron chi connectivity index (χ0n) is 20.8. The Morgan fingerprint density at radius 1 is 1.06 bits per heavy atom. The molecule has 0 saturated heterocycles. The Kier molecular flexibility index (Phi) is 10.3. The molecule has 0 aliphatic heterocycles. The molecule has 2 rings (SSSR count). The van der Waals surface area contributed by atoms with E-state index in [1.54, 1.807) is 42.5 Å². The minimum Gasteiger partial charge on any atom is -0.390 e. The minimum atomic E-state index is -4.67. The summed E-state index contributed by atoms with van der Waals surface area (Å²) in [5.74, 6) is -1.10. The van der Waals surface area contributed by atoms with Gasteiger partial charge in [-0.3, -0.25) is 4.79 Å². The van der Waals surface area contributed by atoms with Crippen LogP contribution in [0.4, 0.5) is 13.2 Å². The zero-order valence-corrected chi connectivity index (χ0v) is 21.6. The van der Waals surface area contributed by atoms with Gasteiger partial charge in [-0.25, -0.2) is 8.42 Å². The molecule has 0 unspecified atom stereocenters. The van der Waals surface area contributed by atoms with Crippen LogP contribution in [-0.2, 0) is 21.2 Å². The SMILES string of the molecule is C/C(=C/C(=O)N[C@@H](Cc1ccccc1)[C@H](O)CN(CC(C)C)S(=O)(=O)c1ccc(C)cc1)C(F)(F)F. The number of rotatable bonds is 11. The van der Waals surface area contributed by atoms with E-state index in [4.69, 9.17) is 0 Å². The molecule has 2 atom stereocenters. The first-order chi connectivity index (χ1) is 16.7. The number of carbonyl (C=O) groups is 1. The van der Waals surface area contributed by atoms with Crippen molar-refractivity contribution in [3.63, 3.8) is 0 Å². The molecule has 10 heteroatoms. The van der Waals surface area contributed by atoms with E-state index in [-0.39, 0.29) is 30.3 Å². The number of alkyl halides is 3. The highest BCUT2D eigenvalue weighted by Gasteiger charge is 2.33. The van der Waals surface area contributed by atoms with E-state index in [1.807, 2.05) is 20.8 Å². The van der Waals surface area contributed by atoms with E-state index in [2.05, 4.69) is 5.32 Å². The fourth-order valence-electron chi connectivity index (χ4n) is 3.53. The largest absolute Gasteiger partial charge is 0.412 e. The summed E-state index contributed by atoms with van der Waals surface area (Å²) in [6, 6.07) is 14.0. The fraction of sp³-hybridized carbons (Fsp3) is 0.423. The molecule has 2 N–H and O–H groups in total. The molecule has 36 heavy (non-hydrogen) atoms. The molecular weight excluding hydrogens is 493 g/mol. The molecule has 0 heterocycles. The van der Waals surface area contributed by atoms with Crippen molar-refractivity contribution in [2.24, 2.45) is 5.92 Å². The number of allylic oxidation sites excluding steroid dienone is 1. The van der Waals surface area contributed by atoms with Gasteiger partial charge in [-0.05, 0) is 43.9 Å². The number of amides is 1. The number of benzene rings is 2. The molecule has 2 aromatic rings. The number of aliphatic hydroxyl groups excluding tert-OH is 1. The Balaban J connectivity index is 2.35. The second kappa shape index (κ2) is 12.5. The summed E-state index contributed by atoms with van der Waals surface area (Å²) in [6.07, 6.45) is -5.54. The first-order valence-electron chi connectivity index (χ1n) is 11.5. The van der Waals surface area contributed by atoms with Crippen LogP contribution in [0.3, 0.4) is 0 Å². The number of sulfonamides is 1. The van der Waals surface area contributed by atoms with Gasteiger partial charge in [0, 0.05) is 24.7 Å². The van der Waals surface area contributed by atoms with E-state index < -0.39 is 39.8 Å². The van der Waals surface area contributed by atoms with E-state index >= 15 is 0 Å². The Bertz CT molecular complexity index is 1130. The zero-order chi connectivity index (χ0) is 27.1. The Morgan fingerprint density at radius 2 is 1.64 bits per heavy atom. The molecule has 0 radical (unpaired) electrons. The molecule has 0 aliphatic carbocycles. The molecular formula is C26H33F3N2O4S. The Labute approximate surface area is 210 Å². The lowest BCUT2D eigenvalue weighted by molar-refractivity contribution is -0.119. The molecule has 0 fully saturated rings. The average molecular weight is 527 g/mol. The third kappa shape index (κ3) is 8.76. The summed E-state index contributed by atoms with van der Waals surface area (Å²) < 4.78 is 66.6. The standard InChI is InChI=1S/C26H33F3N2O4S/c1-18(2)16-31(36(34,35)22-12-10-19(3)11-13-22)17-24(32)23(15-21-8-6-5-7-9-21)30-25(33)14-20(4)26(27,28)29/h5-14,18,23-24,32H,15-17H2,1-4H3,(H,30,33)/b20-14-/t23-,24+/m0/s1. The number of aryl methyl sites for hydroxylation is 1. The molecule has 0 spiro atoms. The van der Waals surface area contributed by atoms with Crippen LogP contribution in [0.5, 0.6) is 0 Å². The van der Waals surface area contributed by atoms with Crippen molar-refractivity contribution in [2.75, 3.05) is 13.1 Å². The molecule has 2 aromatic carbocycles. The van der Waals surface area contributed by atoms with Crippen LogP contribution in [0.25, 0.3) is 0 Å². The number of hydrogen-bond acceptors (Lipinski definition) is 4. The van der Waals surface area contributed by atoms with E-state index in [1.165, 1.54) is 12.1 Å². The van der Waals surface area contributed by atoms with Crippen molar-refractivity contribution in [2.45, 2.75) is 57.3 Å². The maximum absolute atomic E-state index is 13.4. The lowest BCUT2D eigenvalue weighted by atomic mass is 10.0. The average Bonchev–Trinajstić information content (AvgIpc) is 2.78. The number of carbonyl (C=O) groups excluding carboxylic acids is 1. The minimum absolute atomic E-state index is 0.0633. The highest BCUT2D eigenvalue weighted by molar-refractivity contribution is 7.89. The quantitative estimate of drug-likeness (QED) is 0.429. The van der Waals surface area contributed by atoms with Crippen molar-refractivity contribution in [1.82, 2.24) is 9.62 Å². The van der Waals surface area contributed by atoms with E-state index in [0.29, 0.717) is 6.08 Å². The smallest absolute Gasteiger partial charge is 0.390 e. The predicted octanol–water partition coefficient (Wildman–Crippen LogP) is 4.24. The van der Waals surface area contributed by atoms with Crippen LogP contribution in [0.15, 0.2) is 71.1 Å². The summed E-state index contributed by atoms with van der Waals surface area (Å²) >= 11 is 0. The molecule has 0 aromatic heterocycles. The highest BCUT2D eigenvalue weighted by atomic mass is 32.2. The number of nitrogens with one attached hydrogen (secondary N) is 1. The molecule has 198 valence electrons. The number of halogens is 3. The summed E-state index contributed by atoms with van der Waals surface area (Å²) in [6.45, 7) is 6.02. The van der Waals surface area contributed by atoms with Gasteiger partial charge in [-0.15, -0.1) is 0 Å². The van der Waals surface area contributed by atoms with Crippen LogP contribution in [0.1, 0.15) is 31.9 Å².